The van der Waals surface area contributed by atoms with Crippen molar-refractivity contribution in [2.45, 2.75) is 6.42 Å². The van der Waals surface area contributed by atoms with Crippen LogP contribution in [0.4, 0.5) is 10.5 Å². The van der Waals surface area contributed by atoms with Gasteiger partial charge in [0, 0.05) is 12.0 Å². The van der Waals surface area contributed by atoms with E-state index in [-0.39, 0.29) is 11.4 Å². The summed E-state index contributed by atoms with van der Waals surface area (Å²) in [7, 11) is 0. The Hall–Kier alpha value is -2.89. The zero-order chi connectivity index (χ0) is 14.5. The van der Waals surface area contributed by atoms with E-state index < -0.39 is 11.1 Å². The van der Waals surface area contributed by atoms with Gasteiger partial charge in [0.2, 0.25) is 5.75 Å². The lowest BCUT2D eigenvalue weighted by atomic mass is 10.0. The Balaban J connectivity index is 2.42. The van der Waals surface area contributed by atoms with Crippen molar-refractivity contribution in [2.24, 2.45) is 0 Å². The molecule has 0 saturated carbocycles. The van der Waals surface area contributed by atoms with E-state index in [9.17, 15) is 14.9 Å². The first kappa shape index (κ1) is 13.5. The number of ether oxygens (including phenoxy) is 1. The lowest BCUT2D eigenvalue weighted by Gasteiger charge is -2.07. The van der Waals surface area contributed by atoms with Crippen molar-refractivity contribution in [1.29, 1.82) is 0 Å². The number of benzene rings is 2. The number of rotatable bonds is 4. The molecule has 6 nitrogen and oxygen atoms in total. The number of carboxylic acid groups (broad SMARTS) is 1. The second kappa shape index (κ2) is 5.83. The molecule has 6 heteroatoms. The molecule has 2 rings (SSSR count). The Morgan fingerprint density at radius 2 is 1.85 bits per heavy atom. The number of nitro benzene ring substituents is 1. The van der Waals surface area contributed by atoms with Crippen LogP contribution >= 0.6 is 0 Å². The van der Waals surface area contributed by atoms with Crippen LogP contribution in [-0.2, 0) is 6.42 Å². The SMILES string of the molecule is O=C(O)Oc1cccc(Cc2ccccc2)c1[N+](=O)[O-]. The molecule has 0 atom stereocenters. The second-order valence-corrected chi connectivity index (χ2v) is 4.05. The van der Waals surface area contributed by atoms with E-state index in [0.717, 1.165) is 5.56 Å². The lowest BCUT2D eigenvalue weighted by Crippen LogP contribution is -2.07. The van der Waals surface area contributed by atoms with E-state index in [1.165, 1.54) is 12.1 Å². The molecular weight excluding hydrogens is 262 g/mol. The summed E-state index contributed by atoms with van der Waals surface area (Å²) in [5.74, 6) is -0.268. The van der Waals surface area contributed by atoms with Crippen LogP contribution in [0.1, 0.15) is 11.1 Å². The number of carbonyl (C=O) groups is 1. The van der Waals surface area contributed by atoms with Crippen LogP contribution in [0.5, 0.6) is 5.75 Å². The Bertz CT molecular complexity index is 639. The molecule has 0 heterocycles. The quantitative estimate of drug-likeness (QED) is 0.399. The maximum absolute atomic E-state index is 11.1. The van der Waals surface area contributed by atoms with Crippen molar-refractivity contribution in [3.8, 4) is 5.75 Å². The Morgan fingerprint density at radius 1 is 1.15 bits per heavy atom. The highest BCUT2D eigenvalue weighted by Crippen LogP contribution is 2.32. The van der Waals surface area contributed by atoms with Crippen molar-refractivity contribution in [1.82, 2.24) is 0 Å². The average molecular weight is 273 g/mol. The molecule has 0 aliphatic rings. The summed E-state index contributed by atoms with van der Waals surface area (Å²) in [6.07, 6.45) is -1.25. The average Bonchev–Trinajstić information content (AvgIpc) is 2.39. The third kappa shape index (κ3) is 3.11. The highest BCUT2D eigenvalue weighted by Gasteiger charge is 2.22. The highest BCUT2D eigenvalue weighted by atomic mass is 16.7. The van der Waals surface area contributed by atoms with Crippen molar-refractivity contribution < 1.29 is 19.6 Å². The topological polar surface area (TPSA) is 89.7 Å². The van der Waals surface area contributed by atoms with Gasteiger partial charge in [0.1, 0.15) is 0 Å². The molecule has 0 radical (unpaired) electrons. The van der Waals surface area contributed by atoms with E-state index in [4.69, 9.17) is 5.11 Å². The van der Waals surface area contributed by atoms with Gasteiger partial charge in [0.05, 0.1) is 4.92 Å². The van der Waals surface area contributed by atoms with E-state index >= 15 is 0 Å². The van der Waals surface area contributed by atoms with Gasteiger partial charge >= 0.3 is 11.8 Å². The van der Waals surface area contributed by atoms with Crippen molar-refractivity contribution >= 4 is 11.8 Å². The molecule has 0 aromatic heterocycles. The molecular formula is C14H11NO5. The summed E-state index contributed by atoms with van der Waals surface area (Å²) < 4.78 is 4.46. The molecule has 0 unspecified atom stereocenters. The molecule has 0 aliphatic heterocycles. The van der Waals surface area contributed by atoms with E-state index in [1.807, 2.05) is 30.3 Å². The molecule has 0 saturated heterocycles. The maximum atomic E-state index is 11.1. The Labute approximate surface area is 114 Å². The molecule has 2 aromatic carbocycles. The summed E-state index contributed by atoms with van der Waals surface area (Å²) in [5.41, 5.74) is 0.974. The van der Waals surface area contributed by atoms with Gasteiger partial charge in [-0.1, -0.05) is 42.5 Å². The number of para-hydroxylation sites is 1. The van der Waals surface area contributed by atoms with Crippen molar-refractivity contribution in [3.05, 3.63) is 69.8 Å². The Kier molecular flexibility index (Phi) is 3.95. The van der Waals surface area contributed by atoms with Crippen molar-refractivity contribution in [2.75, 3.05) is 0 Å². The summed E-state index contributed by atoms with van der Waals surface area (Å²) >= 11 is 0. The molecule has 0 bridgehead atoms. The van der Waals surface area contributed by atoms with Gasteiger partial charge in [0.25, 0.3) is 0 Å². The van der Waals surface area contributed by atoms with Gasteiger partial charge in [-0.15, -0.1) is 0 Å². The number of nitro groups is 1. The number of hydrogen-bond donors (Lipinski definition) is 1. The van der Waals surface area contributed by atoms with Gasteiger partial charge < -0.3 is 9.84 Å². The smallest absolute Gasteiger partial charge is 0.449 e. The van der Waals surface area contributed by atoms with E-state index in [0.29, 0.717) is 12.0 Å². The second-order valence-electron chi connectivity index (χ2n) is 4.05. The molecule has 0 spiro atoms. The molecule has 0 amide bonds. The van der Waals surface area contributed by atoms with Crippen LogP contribution in [0.25, 0.3) is 0 Å². The summed E-state index contributed by atoms with van der Waals surface area (Å²) in [4.78, 5) is 21.1. The van der Waals surface area contributed by atoms with Gasteiger partial charge in [-0.2, -0.15) is 0 Å². The van der Waals surface area contributed by atoms with Gasteiger partial charge in [-0.05, 0) is 11.6 Å². The van der Waals surface area contributed by atoms with Crippen LogP contribution in [0, 0.1) is 10.1 Å². The molecule has 1 N–H and O–H groups in total. The van der Waals surface area contributed by atoms with Gasteiger partial charge in [0.15, 0.2) is 0 Å². The fraction of sp³-hybridized carbons (Fsp3) is 0.0714. The molecule has 20 heavy (non-hydrogen) atoms. The molecule has 2 aromatic rings. The standard InChI is InChI=1S/C14H11NO5/c16-14(17)20-12-8-4-7-11(13(12)15(18)19)9-10-5-2-1-3-6-10/h1-8H,9H2,(H,16,17). The van der Waals surface area contributed by atoms with Crippen molar-refractivity contribution in [3.63, 3.8) is 0 Å². The molecule has 102 valence electrons. The summed E-state index contributed by atoms with van der Waals surface area (Å²) in [6.45, 7) is 0. The van der Waals surface area contributed by atoms with Crippen LogP contribution in [-0.4, -0.2) is 16.2 Å². The van der Waals surface area contributed by atoms with Gasteiger partial charge in [-0.25, -0.2) is 4.79 Å². The minimum atomic E-state index is -1.58. The minimum absolute atomic E-state index is 0.268. The first-order valence-electron chi connectivity index (χ1n) is 5.79. The minimum Gasteiger partial charge on any atom is -0.449 e. The summed E-state index contributed by atoms with van der Waals surface area (Å²) in [6, 6.07) is 13.6. The fourth-order valence-electron chi connectivity index (χ4n) is 1.91. The molecule has 0 aliphatic carbocycles. The lowest BCUT2D eigenvalue weighted by molar-refractivity contribution is -0.386. The Morgan fingerprint density at radius 3 is 2.45 bits per heavy atom. The number of nitrogens with zero attached hydrogens (tertiary/aromatic N) is 1. The largest absolute Gasteiger partial charge is 0.511 e. The fourth-order valence-corrected chi connectivity index (χ4v) is 1.91. The zero-order valence-corrected chi connectivity index (χ0v) is 10.4. The highest BCUT2D eigenvalue weighted by molar-refractivity contribution is 5.66. The third-order valence-electron chi connectivity index (χ3n) is 2.70. The van der Waals surface area contributed by atoms with Crippen LogP contribution < -0.4 is 4.74 Å². The predicted molar refractivity (Wildman–Crippen MR) is 71.0 cm³/mol. The van der Waals surface area contributed by atoms with Gasteiger partial charge in [-0.3, -0.25) is 10.1 Å². The third-order valence-corrected chi connectivity index (χ3v) is 2.70. The normalized spacial score (nSPS) is 10.0. The maximum Gasteiger partial charge on any atom is 0.511 e. The zero-order valence-electron chi connectivity index (χ0n) is 10.4. The summed E-state index contributed by atoms with van der Waals surface area (Å²) in [5, 5.41) is 19.8. The van der Waals surface area contributed by atoms with E-state index in [1.54, 1.807) is 6.07 Å². The first-order chi connectivity index (χ1) is 9.58. The number of hydrogen-bond acceptors (Lipinski definition) is 4. The monoisotopic (exact) mass is 273 g/mol. The van der Waals surface area contributed by atoms with E-state index in [2.05, 4.69) is 4.74 Å². The predicted octanol–water partition coefficient (Wildman–Crippen LogP) is 3.24. The van der Waals surface area contributed by atoms with Crippen LogP contribution in [0.3, 0.4) is 0 Å². The molecule has 0 fully saturated rings. The van der Waals surface area contributed by atoms with Crippen LogP contribution in [0.2, 0.25) is 0 Å². The first-order valence-corrected chi connectivity index (χ1v) is 5.79. The van der Waals surface area contributed by atoms with Crippen LogP contribution in [0.15, 0.2) is 48.5 Å².